The Kier molecular flexibility index (Phi) is 2.66. The van der Waals surface area contributed by atoms with Crippen LogP contribution >= 0.6 is 0 Å². The summed E-state index contributed by atoms with van der Waals surface area (Å²) in [5.41, 5.74) is 0. The van der Waals surface area contributed by atoms with Crippen LogP contribution in [0, 0.1) is 6.92 Å². The molecule has 1 rings (SSSR count). The zero-order chi connectivity index (χ0) is 8.10. The standard InChI is InChI=1S/C7H10N2O2/c1-3-4-5-10-7-8-6(2)9-11-7/h3H,1,4-5H2,2H3. The van der Waals surface area contributed by atoms with Crippen molar-refractivity contribution in [2.45, 2.75) is 13.3 Å². The van der Waals surface area contributed by atoms with Gasteiger partial charge in [-0.3, -0.25) is 4.52 Å². The lowest BCUT2D eigenvalue weighted by Gasteiger charge is -1.94. The average Bonchev–Trinajstić information content (AvgIpc) is 2.37. The van der Waals surface area contributed by atoms with Crippen molar-refractivity contribution in [2.75, 3.05) is 6.61 Å². The molecule has 0 aliphatic carbocycles. The number of rotatable bonds is 4. The largest absolute Gasteiger partial charge is 0.449 e. The SMILES string of the molecule is C=CCCOc1nc(C)no1. The van der Waals surface area contributed by atoms with Gasteiger partial charge in [-0.1, -0.05) is 11.2 Å². The van der Waals surface area contributed by atoms with Crippen LogP contribution in [0.5, 0.6) is 6.08 Å². The van der Waals surface area contributed by atoms with E-state index in [9.17, 15) is 0 Å². The van der Waals surface area contributed by atoms with Crippen LogP contribution in [0.25, 0.3) is 0 Å². The molecule has 0 unspecified atom stereocenters. The maximum Gasteiger partial charge on any atom is 0.417 e. The molecule has 1 aromatic heterocycles. The first-order valence-electron chi connectivity index (χ1n) is 3.37. The zero-order valence-electron chi connectivity index (χ0n) is 6.41. The van der Waals surface area contributed by atoms with Crippen molar-refractivity contribution >= 4 is 0 Å². The Bertz CT molecular complexity index is 232. The summed E-state index contributed by atoms with van der Waals surface area (Å²) in [6.07, 6.45) is 2.77. The van der Waals surface area contributed by atoms with Crippen LogP contribution in [0.4, 0.5) is 0 Å². The van der Waals surface area contributed by atoms with Crippen molar-refractivity contribution in [3.05, 3.63) is 18.5 Å². The van der Waals surface area contributed by atoms with E-state index in [4.69, 9.17) is 9.26 Å². The monoisotopic (exact) mass is 154 g/mol. The summed E-state index contributed by atoms with van der Waals surface area (Å²) in [4.78, 5) is 3.85. The summed E-state index contributed by atoms with van der Waals surface area (Å²) in [6.45, 7) is 5.82. The topological polar surface area (TPSA) is 48.2 Å². The van der Waals surface area contributed by atoms with Gasteiger partial charge in [-0.05, 0) is 13.3 Å². The molecule has 0 radical (unpaired) electrons. The van der Waals surface area contributed by atoms with Crippen molar-refractivity contribution in [1.82, 2.24) is 10.1 Å². The van der Waals surface area contributed by atoms with Crippen molar-refractivity contribution in [2.24, 2.45) is 0 Å². The molecule has 0 aliphatic heterocycles. The molecule has 0 fully saturated rings. The number of aryl methyl sites for hydroxylation is 1. The van der Waals surface area contributed by atoms with Crippen molar-refractivity contribution in [3.63, 3.8) is 0 Å². The third-order valence-electron chi connectivity index (χ3n) is 1.06. The highest BCUT2D eigenvalue weighted by Crippen LogP contribution is 2.04. The Hall–Kier alpha value is -1.32. The predicted molar refractivity (Wildman–Crippen MR) is 39.3 cm³/mol. The summed E-state index contributed by atoms with van der Waals surface area (Å²) < 4.78 is 9.75. The van der Waals surface area contributed by atoms with E-state index in [1.807, 2.05) is 0 Å². The van der Waals surface area contributed by atoms with Gasteiger partial charge >= 0.3 is 6.08 Å². The van der Waals surface area contributed by atoms with Gasteiger partial charge in [0.2, 0.25) is 0 Å². The molecular formula is C7H10N2O2. The first-order valence-corrected chi connectivity index (χ1v) is 3.37. The number of hydrogen-bond donors (Lipinski definition) is 0. The lowest BCUT2D eigenvalue weighted by atomic mass is 10.5. The van der Waals surface area contributed by atoms with Crippen molar-refractivity contribution < 1.29 is 9.26 Å². The zero-order valence-corrected chi connectivity index (χ0v) is 6.41. The Morgan fingerprint density at radius 1 is 1.73 bits per heavy atom. The third kappa shape index (κ3) is 2.41. The molecule has 0 bridgehead atoms. The van der Waals surface area contributed by atoms with Gasteiger partial charge in [0.25, 0.3) is 0 Å². The quantitative estimate of drug-likeness (QED) is 0.485. The summed E-state index contributed by atoms with van der Waals surface area (Å²) in [5.74, 6) is 0.582. The Balaban J connectivity index is 2.32. The molecular weight excluding hydrogens is 144 g/mol. The summed E-state index contributed by atoms with van der Waals surface area (Å²) in [6, 6.07) is 0. The van der Waals surface area contributed by atoms with Gasteiger partial charge in [0.1, 0.15) is 0 Å². The van der Waals surface area contributed by atoms with Gasteiger partial charge in [-0.2, -0.15) is 4.98 Å². The minimum absolute atomic E-state index is 0.226. The Labute approximate surface area is 64.9 Å². The van der Waals surface area contributed by atoms with E-state index >= 15 is 0 Å². The molecule has 60 valence electrons. The van der Waals surface area contributed by atoms with E-state index in [-0.39, 0.29) is 6.08 Å². The molecule has 0 saturated carbocycles. The molecule has 1 aromatic rings. The summed E-state index contributed by atoms with van der Waals surface area (Å²) >= 11 is 0. The third-order valence-corrected chi connectivity index (χ3v) is 1.06. The Morgan fingerprint density at radius 3 is 3.09 bits per heavy atom. The average molecular weight is 154 g/mol. The van der Waals surface area contributed by atoms with Crippen LogP contribution < -0.4 is 4.74 Å². The highest BCUT2D eigenvalue weighted by Gasteiger charge is 2.00. The first kappa shape index (κ1) is 7.78. The molecule has 0 aliphatic rings. The van der Waals surface area contributed by atoms with Crippen molar-refractivity contribution in [3.8, 4) is 6.08 Å². The minimum Gasteiger partial charge on any atom is -0.449 e. The van der Waals surface area contributed by atoms with E-state index in [2.05, 4.69) is 16.7 Å². The second-order valence-corrected chi connectivity index (χ2v) is 2.03. The van der Waals surface area contributed by atoms with Crippen LogP contribution in [-0.2, 0) is 0 Å². The van der Waals surface area contributed by atoms with E-state index in [0.717, 1.165) is 6.42 Å². The van der Waals surface area contributed by atoms with Crippen LogP contribution in [0.1, 0.15) is 12.2 Å². The maximum absolute atomic E-state index is 5.06. The van der Waals surface area contributed by atoms with Gasteiger partial charge < -0.3 is 4.74 Å². The molecule has 1 heterocycles. The van der Waals surface area contributed by atoms with Crippen LogP contribution in [0.15, 0.2) is 17.2 Å². The molecule has 4 heteroatoms. The number of ether oxygens (including phenoxy) is 1. The molecule has 0 atom stereocenters. The van der Waals surface area contributed by atoms with Gasteiger partial charge in [0.05, 0.1) is 6.61 Å². The molecule has 4 nitrogen and oxygen atoms in total. The molecule has 0 saturated heterocycles. The molecule has 0 aromatic carbocycles. The highest BCUT2D eigenvalue weighted by atomic mass is 16.6. The van der Waals surface area contributed by atoms with Gasteiger partial charge in [0.15, 0.2) is 5.82 Å². The van der Waals surface area contributed by atoms with Gasteiger partial charge in [0, 0.05) is 0 Å². The maximum atomic E-state index is 5.06. The fourth-order valence-corrected chi connectivity index (χ4v) is 0.566. The number of hydrogen-bond acceptors (Lipinski definition) is 4. The summed E-state index contributed by atoms with van der Waals surface area (Å²) in [7, 11) is 0. The highest BCUT2D eigenvalue weighted by molar-refractivity contribution is 4.87. The van der Waals surface area contributed by atoms with E-state index in [1.54, 1.807) is 13.0 Å². The number of aromatic nitrogens is 2. The van der Waals surface area contributed by atoms with Crippen molar-refractivity contribution in [1.29, 1.82) is 0 Å². The predicted octanol–water partition coefficient (Wildman–Crippen LogP) is 1.33. The van der Waals surface area contributed by atoms with E-state index < -0.39 is 0 Å². The van der Waals surface area contributed by atoms with Crippen LogP contribution in [0.3, 0.4) is 0 Å². The number of nitrogens with zero attached hydrogens (tertiary/aromatic N) is 2. The van der Waals surface area contributed by atoms with E-state index in [0.29, 0.717) is 12.4 Å². The molecule has 0 amide bonds. The minimum atomic E-state index is 0.226. The summed E-state index contributed by atoms with van der Waals surface area (Å²) in [5, 5.41) is 3.56. The Morgan fingerprint density at radius 2 is 2.55 bits per heavy atom. The second kappa shape index (κ2) is 3.75. The fourth-order valence-electron chi connectivity index (χ4n) is 0.566. The van der Waals surface area contributed by atoms with Crippen LogP contribution in [0.2, 0.25) is 0 Å². The molecule has 0 spiro atoms. The smallest absolute Gasteiger partial charge is 0.417 e. The van der Waals surface area contributed by atoms with Gasteiger partial charge in [-0.15, -0.1) is 6.58 Å². The normalized spacial score (nSPS) is 9.55. The lowest BCUT2D eigenvalue weighted by molar-refractivity contribution is 0.208. The molecule has 11 heavy (non-hydrogen) atoms. The second-order valence-electron chi connectivity index (χ2n) is 2.03. The van der Waals surface area contributed by atoms with Crippen LogP contribution in [-0.4, -0.2) is 16.7 Å². The fraction of sp³-hybridized carbons (Fsp3) is 0.429. The molecule has 0 N–H and O–H groups in total. The van der Waals surface area contributed by atoms with E-state index in [1.165, 1.54) is 0 Å². The first-order chi connectivity index (χ1) is 5.33. The van der Waals surface area contributed by atoms with Gasteiger partial charge in [-0.25, -0.2) is 0 Å². The lowest BCUT2D eigenvalue weighted by Crippen LogP contribution is -1.95.